The first-order valence-electron chi connectivity index (χ1n) is 8.53. The highest BCUT2D eigenvalue weighted by atomic mass is 16.8. The summed E-state index contributed by atoms with van der Waals surface area (Å²) in [6, 6.07) is 0. The topological polar surface area (TPSA) is 162 Å². The summed E-state index contributed by atoms with van der Waals surface area (Å²) in [6.45, 7) is 2.74. The predicted molar refractivity (Wildman–Crippen MR) is 81.2 cm³/mol. The molecule has 1 saturated carbocycles. The molecule has 0 radical (unpaired) electrons. The van der Waals surface area contributed by atoms with Gasteiger partial charge >= 0.3 is 0 Å². The fourth-order valence-electron chi connectivity index (χ4n) is 4.44. The zero-order valence-corrected chi connectivity index (χ0v) is 14.3. The van der Waals surface area contributed by atoms with E-state index in [0.29, 0.717) is 5.57 Å². The molecule has 0 aromatic rings. The fourth-order valence-corrected chi connectivity index (χ4v) is 4.44. The van der Waals surface area contributed by atoms with Crippen LogP contribution in [-0.4, -0.2) is 97.7 Å². The second-order valence-electron chi connectivity index (χ2n) is 7.61. The van der Waals surface area contributed by atoms with Gasteiger partial charge in [-0.15, -0.1) is 0 Å². The van der Waals surface area contributed by atoms with Crippen molar-refractivity contribution in [3.8, 4) is 0 Å². The summed E-state index contributed by atoms with van der Waals surface area (Å²) in [6.07, 6.45) is -8.91. The van der Waals surface area contributed by atoms with Crippen molar-refractivity contribution in [2.24, 2.45) is 5.92 Å². The molecule has 4 aliphatic rings. The Balaban J connectivity index is 1.59. The molecule has 10 nitrogen and oxygen atoms in total. The van der Waals surface area contributed by atoms with Crippen LogP contribution in [0.3, 0.4) is 0 Å². The first-order valence-corrected chi connectivity index (χ1v) is 8.53. The van der Waals surface area contributed by atoms with E-state index in [1.54, 1.807) is 13.8 Å². The Bertz CT molecular complexity index is 610. The van der Waals surface area contributed by atoms with Gasteiger partial charge in [0.25, 0.3) is 0 Å². The Morgan fingerprint density at radius 1 is 1.12 bits per heavy atom. The maximum atomic E-state index is 11.1. The van der Waals surface area contributed by atoms with E-state index in [9.17, 15) is 30.6 Å². The van der Waals surface area contributed by atoms with Gasteiger partial charge in [-0.3, -0.25) is 0 Å². The summed E-state index contributed by atoms with van der Waals surface area (Å²) in [7, 11) is 0. The van der Waals surface area contributed by atoms with Gasteiger partial charge in [0.1, 0.15) is 47.8 Å². The Hall–Kier alpha value is -0.820. The van der Waals surface area contributed by atoms with Crippen molar-refractivity contribution in [2.75, 3.05) is 6.61 Å². The van der Waals surface area contributed by atoms with Gasteiger partial charge in [-0.25, -0.2) is 0 Å². The van der Waals surface area contributed by atoms with Crippen LogP contribution in [0.4, 0.5) is 0 Å². The average molecular weight is 376 g/mol. The summed E-state index contributed by atoms with van der Waals surface area (Å²) in [4.78, 5) is 0. The Morgan fingerprint density at radius 3 is 2.46 bits per heavy atom. The molecule has 3 heterocycles. The Kier molecular flexibility index (Phi) is 4.16. The second-order valence-corrected chi connectivity index (χ2v) is 7.61. The van der Waals surface area contributed by atoms with Crippen LogP contribution < -0.4 is 0 Å². The van der Waals surface area contributed by atoms with Gasteiger partial charge in [0.05, 0.1) is 18.8 Å². The molecule has 0 bridgehead atoms. The fraction of sp³-hybridized carbons (Fsp3) is 0.875. The van der Waals surface area contributed by atoms with Crippen LogP contribution in [0.5, 0.6) is 0 Å². The highest BCUT2D eigenvalue weighted by Gasteiger charge is 2.80. The number of fused-ring (bicyclic) bond motifs is 3. The number of aliphatic hydroxyl groups is 6. The first-order chi connectivity index (χ1) is 12.2. The van der Waals surface area contributed by atoms with Crippen molar-refractivity contribution < 1.29 is 49.6 Å². The van der Waals surface area contributed by atoms with E-state index in [2.05, 4.69) is 0 Å². The summed E-state index contributed by atoms with van der Waals surface area (Å²) in [5.74, 6) is -0.813. The Morgan fingerprint density at radius 2 is 1.81 bits per heavy atom. The minimum atomic E-state index is -1.63. The van der Waals surface area contributed by atoms with E-state index in [-0.39, 0.29) is 0 Å². The van der Waals surface area contributed by atoms with Crippen molar-refractivity contribution in [2.45, 2.75) is 74.3 Å². The highest BCUT2D eigenvalue weighted by Crippen LogP contribution is 2.62. The zero-order valence-electron chi connectivity index (χ0n) is 14.3. The molecular formula is C16H24O10. The molecule has 2 saturated heterocycles. The van der Waals surface area contributed by atoms with E-state index in [1.165, 1.54) is 6.26 Å². The van der Waals surface area contributed by atoms with Gasteiger partial charge in [-0.1, -0.05) is 0 Å². The monoisotopic (exact) mass is 376 g/mol. The van der Waals surface area contributed by atoms with Gasteiger partial charge in [0.2, 0.25) is 6.29 Å². The number of epoxide rings is 1. The van der Waals surface area contributed by atoms with E-state index in [1.807, 2.05) is 0 Å². The lowest BCUT2D eigenvalue weighted by atomic mass is 9.77. The van der Waals surface area contributed by atoms with E-state index >= 15 is 0 Å². The van der Waals surface area contributed by atoms with Crippen LogP contribution in [-0.2, 0) is 18.9 Å². The first kappa shape index (κ1) is 18.5. The van der Waals surface area contributed by atoms with Crippen molar-refractivity contribution in [1.29, 1.82) is 0 Å². The summed E-state index contributed by atoms with van der Waals surface area (Å²) in [5, 5.41) is 60.7. The molecule has 0 aromatic heterocycles. The van der Waals surface area contributed by atoms with Crippen LogP contribution in [0, 0.1) is 5.92 Å². The zero-order chi connectivity index (χ0) is 19.0. The van der Waals surface area contributed by atoms with Gasteiger partial charge in [0, 0.05) is 0 Å². The molecule has 26 heavy (non-hydrogen) atoms. The van der Waals surface area contributed by atoms with Gasteiger partial charge in [0.15, 0.2) is 6.29 Å². The minimum Gasteiger partial charge on any atom is -0.472 e. The van der Waals surface area contributed by atoms with Crippen molar-refractivity contribution in [3.63, 3.8) is 0 Å². The quantitative estimate of drug-likeness (QED) is 0.279. The van der Waals surface area contributed by atoms with Gasteiger partial charge in [-0.05, 0) is 19.4 Å². The summed E-state index contributed by atoms with van der Waals surface area (Å²) in [5.41, 5.74) is -2.10. The van der Waals surface area contributed by atoms with Crippen molar-refractivity contribution in [1.82, 2.24) is 0 Å². The summed E-state index contributed by atoms with van der Waals surface area (Å²) >= 11 is 0. The summed E-state index contributed by atoms with van der Waals surface area (Å²) < 4.78 is 22.1. The molecule has 0 amide bonds. The van der Waals surface area contributed by atoms with Crippen LogP contribution in [0.25, 0.3) is 0 Å². The third-order valence-electron chi connectivity index (χ3n) is 6.12. The normalized spacial score (nSPS) is 58.5. The molecular weight excluding hydrogens is 352 g/mol. The van der Waals surface area contributed by atoms with Crippen LogP contribution in [0.2, 0.25) is 0 Å². The van der Waals surface area contributed by atoms with Gasteiger partial charge < -0.3 is 49.6 Å². The molecule has 0 aromatic carbocycles. The van der Waals surface area contributed by atoms with Crippen LogP contribution in [0.15, 0.2) is 11.8 Å². The van der Waals surface area contributed by atoms with E-state index < -0.39 is 72.9 Å². The molecule has 10 heteroatoms. The van der Waals surface area contributed by atoms with Crippen LogP contribution in [0.1, 0.15) is 13.8 Å². The van der Waals surface area contributed by atoms with Crippen molar-refractivity contribution in [3.05, 3.63) is 11.8 Å². The molecule has 3 aliphatic heterocycles. The average Bonchev–Trinajstić information content (AvgIpc) is 3.25. The lowest BCUT2D eigenvalue weighted by molar-refractivity contribution is -0.350. The molecule has 6 N–H and O–H groups in total. The van der Waals surface area contributed by atoms with Crippen LogP contribution >= 0.6 is 0 Å². The number of rotatable bonds is 3. The third-order valence-corrected chi connectivity index (χ3v) is 6.12. The van der Waals surface area contributed by atoms with Gasteiger partial charge in [-0.2, -0.15) is 0 Å². The highest BCUT2D eigenvalue weighted by molar-refractivity contribution is 5.35. The molecule has 0 spiro atoms. The number of ether oxygens (including phenoxy) is 4. The van der Waals surface area contributed by atoms with E-state index in [4.69, 9.17) is 18.9 Å². The minimum absolute atomic E-state index is 0.417. The molecule has 148 valence electrons. The SMILES string of the molecule is CC1=COC(OC2OC(CO)C(O)C(O)C2O)C2C3(C)OC3C(O)C12O. The smallest absolute Gasteiger partial charge is 0.210 e. The molecule has 3 fully saturated rings. The van der Waals surface area contributed by atoms with Crippen molar-refractivity contribution >= 4 is 0 Å². The molecule has 11 atom stereocenters. The molecule has 11 unspecified atom stereocenters. The maximum Gasteiger partial charge on any atom is 0.210 e. The van der Waals surface area contributed by atoms with E-state index in [0.717, 1.165) is 0 Å². The third kappa shape index (κ3) is 2.25. The lowest BCUT2D eigenvalue weighted by Gasteiger charge is -2.46. The largest absolute Gasteiger partial charge is 0.472 e. The standard InChI is InChI=1S/C16H24O10/c1-5-4-23-14(10-15(2)12(26-15)11(21)16(5,10)22)25-13-9(20)8(19)7(18)6(3-17)24-13/h4,6-14,17-22H,3H2,1-2H3. The number of aliphatic hydroxyl groups excluding tert-OH is 5. The lowest BCUT2D eigenvalue weighted by Crippen LogP contribution is -2.62. The second kappa shape index (κ2) is 5.84. The number of hydrogen-bond donors (Lipinski definition) is 6. The molecule has 4 rings (SSSR count). The maximum absolute atomic E-state index is 11.1. The Labute approximate surface area is 149 Å². The predicted octanol–water partition coefficient (Wildman–Crippen LogP) is -3.06. The molecule has 1 aliphatic carbocycles. The number of hydrogen-bond acceptors (Lipinski definition) is 10.